The molecule has 2 saturated carbocycles. The highest BCUT2D eigenvalue weighted by atomic mass is 16.4. The average Bonchev–Trinajstić information content (AvgIpc) is 2.72. The third-order valence-corrected chi connectivity index (χ3v) is 4.00. The summed E-state index contributed by atoms with van der Waals surface area (Å²) in [4.78, 5) is 22.0. The van der Waals surface area contributed by atoms with E-state index in [0.717, 1.165) is 25.7 Å². The van der Waals surface area contributed by atoms with Crippen LogP contribution in [-0.2, 0) is 9.59 Å². The van der Waals surface area contributed by atoms with Gasteiger partial charge in [0.15, 0.2) is 0 Å². The largest absolute Gasteiger partial charge is 0.549 e. The second-order valence-electron chi connectivity index (χ2n) is 4.65. The zero-order valence-electron chi connectivity index (χ0n) is 8.53. The molecule has 0 aliphatic heterocycles. The van der Waals surface area contributed by atoms with Crippen molar-refractivity contribution in [2.45, 2.75) is 38.5 Å². The number of carbonyl (C=O) groups excluding carboxylic acids is 2. The lowest BCUT2D eigenvalue weighted by molar-refractivity contribution is -0.336. The Morgan fingerprint density at radius 3 is 1.60 bits per heavy atom. The van der Waals surface area contributed by atoms with Crippen LogP contribution < -0.4 is 10.2 Å². The van der Waals surface area contributed by atoms with Crippen LogP contribution in [0.1, 0.15) is 38.5 Å². The lowest BCUT2D eigenvalue weighted by Gasteiger charge is -2.20. The van der Waals surface area contributed by atoms with E-state index in [9.17, 15) is 19.8 Å². The molecular formula is C11H14O4-2. The van der Waals surface area contributed by atoms with Crippen LogP contribution >= 0.6 is 0 Å². The fraction of sp³-hybridized carbons (Fsp3) is 0.818. The summed E-state index contributed by atoms with van der Waals surface area (Å²) in [5.74, 6) is -3.38. The molecule has 2 rings (SSSR count). The number of rotatable bonds is 2. The molecule has 0 spiro atoms. The Bertz CT molecular complexity index is 267. The van der Waals surface area contributed by atoms with Crippen molar-refractivity contribution < 1.29 is 19.8 Å². The number of carboxylic acid groups (broad SMARTS) is 2. The molecule has 0 saturated heterocycles. The van der Waals surface area contributed by atoms with Gasteiger partial charge < -0.3 is 19.8 Å². The van der Waals surface area contributed by atoms with E-state index in [0.29, 0.717) is 12.8 Å². The number of carboxylic acids is 2. The summed E-state index contributed by atoms with van der Waals surface area (Å²) in [5, 5.41) is 22.0. The third-order valence-electron chi connectivity index (χ3n) is 4.00. The highest BCUT2D eigenvalue weighted by molar-refractivity contribution is 6.01. The Hall–Kier alpha value is -1.06. The summed E-state index contributed by atoms with van der Waals surface area (Å²) in [5.41, 5.74) is -1.66. The summed E-state index contributed by atoms with van der Waals surface area (Å²) in [7, 11) is 0. The van der Waals surface area contributed by atoms with E-state index in [4.69, 9.17) is 0 Å². The van der Waals surface area contributed by atoms with Gasteiger partial charge in [0, 0.05) is 0 Å². The van der Waals surface area contributed by atoms with Crippen molar-refractivity contribution in [2.75, 3.05) is 0 Å². The summed E-state index contributed by atoms with van der Waals surface area (Å²) >= 11 is 0. The molecule has 15 heavy (non-hydrogen) atoms. The molecule has 2 aliphatic rings. The fourth-order valence-electron chi connectivity index (χ4n) is 3.17. The molecule has 0 N–H and O–H groups in total. The van der Waals surface area contributed by atoms with Gasteiger partial charge in [-0.25, -0.2) is 0 Å². The Balaban J connectivity index is 2.21. The molecule has 0 bridgehead atoms. The van der Waals surface area contributed by atoms with Crippen LogP contribution in [0.4, 0.5) is 0 Å². The van der Waals surface area contributed by atoms with Crippen molar-refractivity contribution in [1.29, 1.82) is 0 Å². The molecule has 0 amide bonds. The van der Waals surface area contributed by atoms with E-state index in [1.165, 1.54) is 0 Å². The standard InChI is InChI=1S/C11H16O4/c12-9(13)11(10(14)15)7-5-3-1-2-4-6-8(7)11/h7-8H,1-6H2,(H,12,13)(H,14,15)/p-2/t7-,8-/m0/s1. The van der Waals surface area contributed by atoms with Crippen molar-refractivity contribution in [3.63, 3.8) is 0 Å². The van der Waals surface area contributed by atoms with E-state index in [1.807, 2.05) is 0 Å². The van der Waals surface area contributed by atoms with E-state index in [1.54, 1.807) is 0 Å². The molecule has 0 unspecified atom stereocenters. The molecule has 0 aromatic carbocycles. The zero-order valence-corrected chi connectivity index (χ0v) is 8.53. The van der Waals surface area contributed by atoms with Gasteiger partial charge in [0.25, 0.3) is 0 Å². The van der Waals surface area contributed by atoms with Crippen molar-refractivity contribution in [3.8, 4) is 0 Å². The minimum absolute atomic E-state index is 0.243. The van der Waals surface area contributed by atoms with Crippen LogP contribution in [0.2, 0.25) is 0 Å². The minimum Gasteiger partial charge on any atom is -0.549 e. The van der Waals surface area contributed by atoms with Crippen molar-refractivity contribution >= 4 is 11.9 Å². The average molecular weight is 210 g/mol. The Morgan fingerprint density at radius 2 is 1.27 bits per heavy atom. The van der Waals surface area contributed by atoms with E-state index in [-0.39, 0.29) is 11.8 Å². The first-order valence-corrected chi connectivity index (χ1v) is 5.54. The normalized spacial score (nSPS) is 33.3. The van der Waals surface area contributed by atoms with Gasteiger partial charge in [-0.05, 0) is 24.7 Å². The monoisotopic (exact) mass is 210 g/mol. The number of fused-ring (bicyclic) bond motifs is 1. The minimum atomic E-state index is -1.66. The number of aliphatic carboxylic acids is 2. The Labute approximate surface area is 88.3 Å². The van der Waals surface area contributed by atoms with Crippen molar-refractivity contribution in [1.82, 2.24) is 0 Å². The van der Waals surface area contributed by atoms with E-state index >= 15 is 0 Å². The zero-order chi connectivity index (χ0) is 11.1. The van der Waals surface area contributed by atoms with Gasteiger partial charge in [-0.15, -0.1) is 0 Å². The first-order chi connectivity index (χ1) is 7.11. The molecule has 0 heterocycles. The quantitative estimate of drug-likeness (QED) is 0.552. The van der Waals surface area contributed by atoms with Crippen LogP contribution in [0.25, 0.3) is 0 Å². The Morgan fingerprint density at radius 1 is 0.867 bits per heavy atom. The lowest BCUT2D eigenvalue weighted by atomic mass is 10.0. The van der Waals surface area contributed by atoms with Crippen LogP contribution in [0.3, 0.4) is 0 Å². The number of carbonyl (C=O) groups is 2. The van der Waals surface area contributed by atoms with Crippen molar-refractivity contribution in [3.05, 3.63) is 0 Å². The van der Waals surface area contributed by atoms with Crippen molar-refractivity contribution in [2.24, 2.45) is 17.3 Å². The predicted molar refractivity (Wildman–Crippen MR) is 47.1 cm³/mol. The Kier molecular flexibility index (Phi) is 2.44. The maximum Gasteiger partial charge on any atom is 0.0556 e. The van der Waals surface area contributed by atoms with Crippen LogP contribution in [0, 0.1) is 17.3 Å². The molecule has 0 radical (unpaired) electrons. The first kappa shape index (κ1) is 10.5. The molecule has 0 aromatic rings. The van der Waals surface area contributed by atoms with Gasteiger partial charge in [-0.2, -0.15) is 0 Å². The third kappa shape index (κ3) is 1.34. The fourth-order valence-corrected chi connectivity index (χ4v) is 3.17. The molecule has 2 aliphatic carbocycles. The molecule has 4 heteroatoms. The lowest BCUT2D eigenvalue weighted by Crippen LogP contribution is -2.47. The summed E-state index contributed by atoms with van der Waals surface area (Å²) < 4.78 is 0. The summed E-state index contributed by atoms with van der Waals surface area (Å²) in [6.45, 7) is 0. The second kappa shape index (κ2) is 3.51. The van der Waals surface area contributed by atoms with E-state index in [2.05, 4.69) is 0 Å². The van der Waals surface area contributed by atoms with Crippen LogP contribution in [-0.4, -0.2) is 11.9 Å². The van der Waals surface area contributed by atoms with E-state index < -0.39 is 17.4 Å². The molecule has 2 atom stereocenters. The second-order valence-corrected chi connectivity index (χ2v) is 4.65. The summed E-state index contributed by atoms with van der Waals surface area (Å²) in [6, 6.07) is 0. The van der Waals surface area contributed by atoms with Gasteiger partial charge in [-0.1, -0.05) is 25.7 Å². The molecule has 84 valence electrons. The maximum absolute atomic E-state index is 11.0. The van der Waals surface area contributed by atoms with Gasteiger partial charge in [0.1, 0.15) is 0 Å². The maximum atomic E-state index is 11.0. The predicted octanol–water partition coefficient (Wildman–Crippen LogP) is -0.927. The SMILES string of the molecule is O=C([O-])C1(C(=O)[O-])[C@H]2CCCCCC[C@@H]21. The highest BCUT2D eigenvalue weighted by Gasteiger charge is 2.65. The van der Waals surface area contributed by atoms with Gasteiger partial charge in [0.2, 0.25) is 0 Å². The molecular weight excluding hydrogens is 196 g/mol. The van der Waals surface area contributed by atoms with Gasteiger partial charge >= 0.3 is 0 Å². The van der Waals surface area contributed by atoms with Gasteiger partial charge in [0.05, 0.1) is 17.4 Å². The van der Waals surface area contributed by atoms with Gasteiger partial charge in [-0.3, -0.25) is 0 Å². The smallest absolute Gasteiger partial charge is 0.0556 e. The molecule has 2 fully saturated rings. The van der Waals surface area contributed by atoms with Crippen LogP contribution in [0.5, 0.6) is 0 Å². The summed E-state index contributed by atoms with van der Waals surface area (Å²) in [6.07, 6.45) is 5.35. The number of hydrogen-bond donors (Lipinski definition) is 0. The van der Waals surface area contributed by atoms with Crippen LogP contribution in [0.15, 0.2) is 0 Å². The molecule has 0 aromatic heterocycles. The first-order valence-electron chi connectivity index (χ1n) is 5.54. The number of hydrogen-bond acceptors (Lipinski definition) is 4. The molecule has 4 nitrogen and oxygen atoms in total. The highest BCUT2D eigenvalue weighted by Crippen LogP contribution is 2.63. The topological polar surface area (TPSA) is 80.3 Å².